The van der Waals surface area contributed by atoms with Crippen LogP contribution < -0.4 is 4.90 Å². The largest absolute Gasteiger partial charge is 0.311 e. The molecule has 9 rings (SSSR count). The predicted molar refractivity (Wildman–Crippen MR) is 203 cm³/mol. The number of fused-ring (bicyclic) bond motifs is 5. The van der Waals surface area contributed by atoms with E-state index in [9.17, 15) is 0 Å². The molecule has 0 spiro atoms. The Morgan fingerprint density at radius 3 is 1.54 bits per heavy atom. The van der Waals surface area contributed by atoms with E-state index in [-0.39, 0.29) is 0 Å². The van der Waals surface area contributed by atoms with E-state index in [4.69, 9.17) is 0 Å². The number of hydrogen-bond acceptors (Lipinski definition) is 1. The first kappa shape index (κ1) is 27.9. The predicted octanol–water partition coefficient (Wildman–Crippen LogP) is 12.7. The Labute approximate surface area is 280 Å². The molecule has 0 radical (unpaired) electrons. The Bertz CT molecular complexity index is 2470. The SMILES string of the molecule is c1ccc(-c2c3c4ccccc4ccc3n3c(-c4ccc(-c5ccc(N(c6ccccc6)c6ccccc6)cc5)cc4)cccc23)cc1. The van der Waals surface area contributed by atoms with Crippen LogP contribution in [0.25, 0.3) is 60.7 Å². The van der Waals surface area contributed by atoms with Gasteiger partial charge < -0.3 is 9.30 Å². The van der Waals surface area contributed by atoms with E-state index in [0.29, 0.717) is 0 Å². The third-order valence-corrected chi connectivity index (χ3v) is 9.37. The van der Waals surface area contributed by atoms with Crippen LogP contribution in [0, 0.1) is 0 Å². The Morgan fingerprint density at radius 1 is 0.333 bits per heavy atom. The lowest BCUT2D eigenvalue weighted by atomic mass is 9.98. The molecule has 0 amide bonds. The van der Waals surface area contributed by atoms with Gasteiger partial charge in [0.2, 0.25) is 0 Å². The van der Waals surface area contributed by atoms with E-state index in [2.05, 4.69) is 203 Å². The highest BCUT2D eigenvalue weighted by molar-refractivity contribution is 6.19. The molecule has 0 atom stereocenters. The van der Waals surface area contributed by atoms with E-state index in [0.717, 1.165) is 17.1 Å². The van der Waals surface area contributed by atoms with Gasteiger partial charge in [-0.3, -0.25) is 0 Å². The number of nitrogens with zero attached hydrogens (tertiary/aromatic N) is 2. The lowest BCUT2D eigenvalue weighted by Crippen LogP contribution is -2.09. The van der Waals surface area contributed by atoms with Crippen LogP contribution in [-0.4, -0.2) is 4.40 Å². The summed E-state index contributed by atoms with van der Waals surface area (Å²) in [4.78, 5) is 2.29. The summed E-state index contributed by atoms with van der Waals surface area (Å²) in [6.07, 6.45) is 0. The summed E-state index contributed by atoms with van der Waals surface area (Å²) in [7, 11) is 0. The first-order valence-electron chi connectivity index (χ1n) is 16.4. The summed E-state index contributed by atoms with van der Waals surface area (Å²) in [5.74, 6) is 0. The number of pyridine rings is 1. The lowest BCUT2D eigenvalue weighted by molar-refractivity contribution is 1.26. The highest BCUT2D eigenvalue weighted by Crippen LogP contribution is 2.42. The van der Waals surface area contributed by atoms with Gasteiger partial charge in [-0.05, 0) is 87.6 Å². The first-order valence-corrected chi connectivity index (χ1v) is 16.4. The zero-order valence-electron chi connectivity index (χ0n) is 26.4. The molecule has 0 aliphatic carbocycles. The molecule has 2 heteroatoms. The van der Waals surface area contributed by atoms with E-state index in [1.807, 2.05) is 0 Å². The first-order chi connectivity index (χ1) is 23.8. The maximum absolute atomic E-state index is 2.44. The van der Waals surface area contributed by atoms with Crippen molar-refractivity contribution in [1.29, 1.82) is 0 Å². The van der Waals surface area contributed by atoms with E-state index < -0.39 is 0 Å². The molecule has 0 saturated carbocycles. The average molecular weight is 613 g/mol. The average Bonchev–Trinajstić information content (AvgIpc) is 3.52. The molecule has 0 saturated heterocycles. The smallest absolute Gasteiger partial charge is 0.0548 e. The van der Waals surface area contributed by atoms with Crippen LogP contribution in [0.3, 0.4) is 0 Å². The maximum atomic E-state index is 2.44. The minimum absolute atomic E-state index is 1.13. The van der Waals surface area contributed by atoms with Crippen molar-refractivity contribution in [3.63, 3.8) is 0 Å². The van der Waals surface area contributed by atoms with Crippen LogP contribution >= 0.6 is 0 Å². The van der Waals surface area contributed by atoms with Crippen LogP contribution in [0.2, 0.25) is 0 Å². The molecular formula is C46H32N2. The van der Waals surface area contributed by atoms with Gasteiger partial charge >= 0.3 is 0 Å². The van der Waals surface area contributed by atoms with Gasteiger partial charge in [-0.1, -0.05) is 140 Å². The van der Waals surface area contributed by atoms with Crippen molar-refractivity contribution in [3.8, 4) is 33.5 Å². The second-order valence-corrected chi connectivity index (χ2v) is 12.2. The Hall–Kier alpha value is -6.38. The molecule has 7 aromatic carbocycles. The molecule has 2 heterocycles. The number of para-hydroxylation sites is 2. The monoisotopic (exact) mass is 612 g/mol. The zero-order chi connectivity index (χ0) is 31.9. The third kappa shape index (κ3) is 4.74. The second kappa shape index (κ2) is 11.8. The highest BCUT2D eigenvalue weighted by Gasteiger charge is 2.19. The van der Waals surface area contributed by atoms with E-state index in [1.54, 1.807) is 0 Å². The summed E-state index contributed by atoms with van der Waals surface area (Å²) >= 11 is 0. The highest BCUT2D eigenvalue weighted by atomic mass is 15.1. The van der Waals surface area contributed by atoms with Crippen LogP contribution in [-0.2, 0) is 0 Å². The second-order valence-electron chi connectivity index (χ2n) is 12.2. The standard InChI is InChI=1S/C46H32N2/c1-4-14-37(15-5-1)45-43-22-12-21-42(48(43)44-32-29-35-13-10-11-20-41(35)46(44)45)36-25-23-33(24-26-36)34-27-30-40(31-28-34)47(38-16-6-2-7-17-38)39-18-8-3-9-19-39/h1-32H. The van der Waals surface area contributed by atoms with Gasteiger partial charge in [0.05, 0.1) is 16.7 Å². The number of hydrogen-bond donors (Lipinski definition) is 0. The number of rotatable bonds is 6. The normalized spacial score (nSPS) is 11.3. The fourth-order valence-electron chi connectivity index (χ4n) is 7.16. The Morgan fingerprint density at radius 2 is 0.875 bits per heavy atom. The zero-order valence-corrected chi connectivity index (χ0v) is 26.4. The van der Waals surface area contributed by atoms with Crippen LogP contribution in [0.15, 0.2) is 194 Å². The summed E-state index contributed by atoms with van der Waals surface area (Å²) in [6, 6.07) is 69.7. The van der Waals surface area contributed by atoms with Crippen LogP contribution in [0.1, 0.15) is 0 Å². The summed E-state index contributed by atoms with van der Waals surface area (Å²) < 4.78 is 2.44. The van der Waals surface area contributed by atoms with Crippen LogP contribution in [0.4, 0.5) is 17.1 Å². The topological polar surface area (TPSA) is 7.65 Å². The van der Waals surface area contributed by atoms with Crippen molar-refractivity contribution >= 4 is 44.3 Å². The third-order valence-electron chi connectivity index (χ3n) is 9.37. The van der Waals surface area contributed by atoms with E-state index >= 15 is 0 Å². The van der Waals surface area contributed by atoms with Crippen molar-refractivity contribution in [2.75, 3.05) is 4.90 Å². The lowest BCUT2D eigenvalue weighted by Gasteiger charge is -2.25. The van der Waals surface area contributed by atoms with Gasteiger partial charge in [0.15, 0.2) is 0 Å². The maximum Gasteiger partial charge on any atom is 0.0548 e. The van der Waals surface area contributed by atoms with Gasteiger partial charge in [-0.25, -0.2) is 0 Å². The minimum atomic E-state index is 1.13. The van der Waals surface area contributed by atoms with Gasteiger partial charge in [0, 0.05) is 28.0 Å². The number of aromatic nitrogens is 1. The number of benzene rings is 7. The molecule has 9 aromatic rings. The van der Waals surface area contributed by atoms with E-state index in [1.165, 1.54) is 60.7 Å². The summed E-state index contributed by atoms with van der Waals surface area (Å²) in [5, 5.41) is 3.83. The molecule has 0 N–H and O–H groups in total. The molecule has 0 bridgehead atoms. The summed E-state index contributed by atoms with van der Waals surface area (Å²) in [6.45, 7) is 0. The minimum Gasteiger partial charge on any atom is -0.311 e. The fraction of sp³-hybridized carbons (Fsp3) is 0. The summed E-state index contributed by atoms with van der Waals surface area (Å²) in [5.41, 5.74) is 13.1. The number of anilines is 3. The molecular weight excluding hydrogens is 581 g/mol. The fourth-order valence-corrected chi connectivity index (χ4v) is 7.16. The van der Waals surface area contributed by atoms with Crippen molar-refractivity contribution in [3.05, 3.63) is 194 Å². The van der Waals surface area contributed by atoms with Gasteiger partial charge in [0.25, 0.3) is 0 Å². The van der Waals surface area contributed by atoms with Crippen molar-refractivity contribution < 1.29 is 0 Å². The Balaban J connectivity index is 1.12. The van der Waals surface area contributed by atoms with Crippen molar-refractivity contribution in [1.82, 2.24) is 4.40 Å². The van der Waals surface area contributed by atoms with Gasteiger partial charge in [-0.15, -0.1) is 0 Å². The van der Waals surface area contributed by atoms with Crippen LogP contribution in [0.5, 0.6) is 0 Å². The molecule has 0 unspecified atom stereocenters. The van der Waals surface area contributed by atoms with Gasteiger partial charge in [-0.2, -0.15) is 0 Å². The Kier molecular flexibility index (Phi) is 6.84. The molecule has 2 nitrogen and oxygen atoms in total. The molecule has 0 fully saturated rings. The molecule has 0 aliphatic heterocycles. The molecule has 0 aliphatic rings. The van der Waals surface area contributed by atoms with Crippen molar-refractivity contribution in [2.24, 2.45) is 0 Å². The quantitative estimate of drug-likeness (QED) is 0.181. The molecule has 2 aromatic heterocycles. The van der Waals surface area contributed by atoms with Crippen molar-refractivity contribution in [2.45, 2.75) is 0 Å². The molecule has 226 valence electrons. The molecule has 48 heavy (non-hydrogen) atoms. The van der Waals surface area contributed by atoms with Gasteiger partial charge in [0.1, 0.15) is 0 Å².